The second-order valence-electron chi connectivity index (χ2n) is 6.65. The fraction of sp³-hybridized carbons (Fsp3) is 0.316. The fourth-order valence-electron chi connectivity index (χ4n) is 3.55. The van der Waals surface area contributed by atoms with E-state index >= 15 is 0 Å². The zero-order valence-electron chi connectivity index (χ0n) is 14.5. The van der Waals surface area contributed by atoms with Crippen LogP contribution in [0.4, 0.5) is 5.69 Å². The van der Waals surface area contributed by atoms with Crippen LogP contribution in [0.25, 0.3) is 11.1 Å². The lowest BCUT2D eigenvalue weighted by Crippen LogP contribution is -2.29. The highest BCUT2D eigenvalue weighted by molar-refractivity contribution is 5.97. The third-order valence-electron chi connectivity index (χ3n) is 4.79. The summed E-state index contributed by atoms with van der Waals surface area (Å²) in [5.41, 5.74) is 2.87. The van der Waals surface area contributed by atoms with Crippen molar-refractivity contribution in [3.63, 3.8) is 0 Å². The molecule has 0 aliphatic carbocycles. The first-order valence-corrected chi connectivity index (χ1v) is 8.65. The van der Waals surface area contributed by atoms with E-state index in [1.54, 1.807) is 18.2 Å². The number of aromatic nitrogens is 1. The van der Waals surface area contributed by atoms with E-state index in [1.165, 1.54) is 6.07 Å². The first kappa shape index (κ1) is 16.4. The Balaban J connectivity index is 1.76. The average Bonchev–Trinajstić information content (AvgIpc) is 3.32. The van der Waals surface area contributed by atoms with Crippen LogP contribution < -0.4 is 0 Å². The molecule has 0 unspecified atom stereocenters. The van der Waals surface area contributed by atoms with Gasteiger partial charge in [-0.3, -0.25) is 14.9 Å². The molecule has 1 amide bonds. The van der Waals surface area contributed by atoms with E-state index in [4.69, 9.17) is 4.42 Å². The minimum atomic E-state index is -0.410. The molecule has 134 valence electrons. The molecule has 26 heavy (non-hydrogen) atoms. The van der Waals surface area contributed by atoms with Gasteiger partial charge in [-0.25, -0.2) is 0 Å². The maximum atomic E-state index is 12.9. The summed E-state index contributed by atoms with van der Waals surface area (Å²) in [6.07, 6.45) is 2.04. The Kier molecular flexibility index (Phi) is 3.99. The number of amides is 1. The van der Waals surface area contributed by atoms with Gasteiger partial charge >= 0.3 is 0 Å². The van der Waals surface area contributed by atoms with E-state index in [2.05, 4.69) is 0 Å². The molecule has 0 N–H and O–H groups in total. The highest BCUT2D eigenvalue weighted by atomic mass is 16.6. The van der Waals surface area contributed by atoms with Crippen LogP contribution in [0.15, 0.2) is 40.8 Å². The Labute approximate surface area is 150 Å². The summed E-state index contributed by atoms with van der Waals surface area (Å²) in [7, 11) is 0. The highest BCUT2D eigenvalue weighted by Crippen LogP contribution is 2.27. The Morgan fingerprint density at radius 2 is 2.00 bits per heavy atom. The van der Waals surface area contributed by atoms with Gasteiger partial charge in [0.2, 0.25) is 0 Å². The molecule has 0 spiro atoms. The molecule has 1 aromatic carbocycles. The summed E-state index contributed by atoms with van der Waals surface area (Å²) in [5.74, 6) is 0.750. The second kappa shape index (κ2) is 6.33. The van der Waals surface area contributed by atoms with E-state index in [0.717, 1.165) is 42.8 Å². The molecule has 2 aromatic heterocycles. The van der Waals surface area contributed by atoms with Crippen LogP contribution in [0, 0.1) is 17.0 Å². The zero-order valence-corrected chi connectivity index (χ0v) is 14.5. The summed E-state index contributed by atoms with van der Waals surface area (Å²) < 4.78 is 7.60. The summed E-state index contributed by atoms with van der Waals surface area (Å²) in [5, 5.41) is 11.0. The van der Waals surface area contributed by atoms with Crippen LogP contribution >= 0.6 is 0 Å². The number of hydrogen-bond donors (Lipinski definition) is 0. The molecule has 1 fully saturated rings. The van der Waals surface area contributed by atoms with Crippen molar-refractivity contribution in [3.05, 3.63) is 63.5 Å². The monoisotopic (exact) mass is 353 g/mol. The van der Waals surface area contributed by atoms with Crippen molar-refractivity contribution in [2.45, 2.75) is 26.3 Å². The molecule has 0 saturated carbocycles. The largest absolute Gasteiger partial charge is 0.460 e. The van der Waals surface area contributed by atoms with Crippen molar-refractivity contribution in [2.75, 3.05) is 13.1 Å². The third-order valence-corrected chi connectivity index (χ3v) is 4.79. The van der Waals surface area contributed by atoms with Crippen molar-refractivity contribution >= 4 is 22.7 Å². The van der Waals surface area contributed by atoms with Crippen molar-refractivity contribution < 1.29 is 14.1 Å². The molecule has 0 atom stereocenters. The number of carbonyl (C=O) groups excluding carboxylic acids is 1. The molecule has 7 nitrogen and oxygen atoms in total. The second-order valence-corrected chi connectivity index (χ2v) is 6.65. The number of aryl methyl sites for hydroxylation is 1. The molecular formula is C19H19N3O4. The predicted molar refractivity (Wildman–Crippen MR) is 96.3 cm³/mol. The maximum absolute atomic E-state index is 12.9. The summed E-state index contributed by atoms with van der Waals surface area (Å²) in [4.78, 5) is 25.4. The molecule has 0 radical (unpaired) electrons. The van der Waals surface area contributed by atoms with Crippen LogP contribution in [0.1, 0.15) is 34.7 Å². The molecule has 3 aromatic rings. The Morgan fingerprint density at radius 3 is 2.73 bits per heavy atom. The number of nitrogens with zero attached hydrogens (tertiary/aromatic N) is 3. The van der Waals surface area contributed by atoms with Crippen LogP contribution in [-0.4, -0.2) is 33.4 Å². The molecule has 0 bridgehead atoms. The van der Waals surface area contributed by atoms with Gasteiger partial charge in [0.15, 0.2) is 5.58 Å². The molecule has 3 heterocycles. The number of fused-ring (bicyclic) bond motifs is 1. The fourth-order valence-corrected chi connectivity index (χ4v) is 3.55. The van der Waals surface area contributed by atoms with E-state index in [-0.39, 0.29) is 11.6 Å². The van der Waals surface area contributed by atoms with Gasteiger partial charge < -0.3 is 13.9 Å². The first-order chi connectivity index (χ1) is 12.5. The van der Waals surface area contributed by atoms with Gasteiger partial charge in [0.05, 0.1) is 10.4 Å². The third kappa shape index (κ3) is 2.85. The number of benzene rings is 1. The standard InChI is InChI=1S/C19H19N3O4/c1-13-9-16-18(26-13)11-17(19(23)20-7-2-3-8-20)21(16)12-14-5-4-6-15(10-14)22(24)25/h4-6,9-11H,2-3,7-8,12H2,1H3. The number of carbonyl (C=O) groups is 1. The minimum Gasteiger partial charge on any atom is -0.460 e. The number of non-ortho nitro benzene ring substituents is 1. The van der Waals surface area contributed by atoms with E-state index < -0.39 is 4.92 Å². The molecular weight excluding hydrogens is 334 g/mol. The van der Waals surface area contributed by atoms with Crippen LogP contribution in [0.2, 0.25) is 0 Å². The number of furan rings is 1. The molecule has 4 rings (SSSR count). The first-order valence-electron chi connectivity index (χ1n) is 8.65. The number of nitro groups is 1. The highest BCUT2D eigenvalue weighted by Gasteiger charge is 2.25. The molecule has 1 saturated heterocycles. The molecule has 7 heteroatoms. The van der Waals surface area contributed by atoms with E-state index in [1.807, 2.05) is 28.5 Å². The predicted octanol–water partition coefficient (Wildman–Crippen LogP) is 3.74. The van der Waals surface area contributed by atoms with E-state index in [0.29, 0.717) is 17.8 Å². The van der Waals surface area contributed by atoms with E-state index in [9.17, 15) is 14.9 Å². The van der Waals surface area contributed by atoms with Crippen molar-refractivity contribution in [2.24, 2.45) is 0 Å². The molecule has 1 aliphatic heterocycles. The zero-order chi connectivity index (χ0) is 18.3. The number of nitro benzene ring substituents is 1. The lowest BCUT2D eigenvalue weighted by Gasteiger charge is -2.17. The van der Waals surface area contributed by atoms with Crippen LogP contribution in [-0.2, 0) is 6.54 Å². The summed E-state index contributed by atoms with van der Waals surface area (Å²) in [6, 6.07) is 10.2. The van der Waals surface area contributed by atoms with Crippen molar-refractivity contribution in [3.8, 4) is 0 Å². The maximum Gasteiger partial charge on any atom is 0.270 e. The average molecular weight is 353 g/mol. The number of hydrogen-bond acceptors (Lipinski definition) is 4. The molecule has 1 aliphatic rings. The lowest BCUT2D eigenvalue weighted by molar-refractivity contribution is -0.384. The number of likely N-dealkylation sites (tertiary alicyclic amines) is 1. The van der Waals surface area contributed by atoms with Gasteiger partial charge in [0, 0.05) is 43.9 Å². The Hall–Kier alpha value is -3.09. The summed E-state index contributed by atoms with van der Waals surface area (Å²) >= 11 is 0. The summed E-state index contributed by atoms with van der Waals surface area (Å²) in [6.45, 7) is 3.77. The quantitative estimate of drug-likeness (QED) is 0.528. The van der Waals surface area contributed by atoms with Gasteiger partial charge in [-0.2, -0.15) is 0 Å². The topological polar surface area (TPSA) is 81.5 Å². The number of rotatable bonds is 4. The Morgan fingerprint density at radius 1 is 1.23 bits per heavy atom. The minimum absolute atomic E-state index is 0.0167. The van der Waals surface area contributed by atoms with Gasteiger partial charge in [0.25, 0.3) is 11.6 Å². The van der Waals surface area contributed by atoms with Gasteiger partial charge in [-0.05, 0) is 25.3 Å². The van der Waals surface area contributed by atoms with Crippen molar-refractivity contribution in [1.82, 2.24) is 9.47 Å². The van der Waals surface area contributed by atoms with Gasteiger partial charge in [-0.1, -0.05) is 12.1 Å². The normalized spacial score (nSPS) is 14.3. The van der Waals surface area contributed by atoms with Gasteiger partial charge in [0.1, 0.15) is 11.5 Å². The van der Waals surface area contributed by atoms with Gasteiger partial charge in [-0.15, -0.1) is 0 Å². The lowest BCUT2D eigenvalue weighted by atomic mass is 10.2. The van der Waals surface area contributed by atoms with Crippen LogP contribution in [0.5, 0.6) is 0 Å². The SMILES string of the molecule is Cc1cc2c(cc(C(=O)N3CCCC3)n2Cc2cccc([N+](=O)[O-])c2)o1. The van der Waals surface area contributed by atoms with Crippen LogP contribution in [0.3, 0.4) is 0 Å². The van der Waals surface area contributed by atoms with Crippen molar-refractivity contribution in [1.29, 1.82) is 0 Å². The smallest absolute Gasteiger partial charge is 0.270 e. The Bertz CT molecular complexity index is 996.